The van der Waals surface area contributed by atoms with E-state index in [9.17, 15) is 40.5 Å². The van der Waals surface area contributed by atoms with Gasteiger partial charge in [0.15, 0.2) is 12.6 Å². The molecule has 14 heteroatoms. The van der Waals surface area contributed by atoms with Gasteiger partial charge in [0.25, 0.3) is 0 Å². The molecule has 7 N–H and O–H groups in total. The predicted molar refractivity (Wildman–Crippen MR) is 325 cm³/mol. The summed E-state index contributed by atoms with van der Waals surface area (Å²) in [6.45, 7) is 3.51. The Kier molecular flexibility index (Phi) is 47.9. The van der Waals surface area contributed by atoms with Gasteiger partial charge in [-0.05, 0) is 96.3 Å². The standard InChI is InChI=1S/C67H114O14/c1-3-5-7-9-11-13-15-17-19-21-23-25-26-27-28-29-31-33-35-37-39-41-43-45-47-49-51-76-53-56(54-77-66-65(75)63(73)61(71)58(81-66)55-78-67-64(74)62(72)60(70)57(52-68)80-67)79-59(69)50-48-46-44-42-40-38-36-34-32-30-24-22-20-18-16-14-12-10-8-6-4-2/h6,8,12,14-15,17-18,20-21,23-24,30,34,36,40,42,56-58,60-68,70-75H,3-5,7,9-11,13,16,19,22,25-29,31-33,35,37-39,41,43-55H2,1-2H3/b8-6-,14-12-,17-15-,20-18-,23-21-,30-24-,36-34-,42-40-. The molecule has 0 aliphatic carbocycles. The van der Waals surface area contributed by atoms with Gasteiger partial charge in [-0.1, -0.05) is 214 Å². The molecule has 2 rings (SSSR count). The number of hydrogen-bond acceptors (Lipinski definition) is 14. The second kappa shape index (κ2) is 52.5. The van der Waals surface area contributed by atoms with Gasteiger partial charge in [-0.3, -0.25) is 4.79 Å². The highest BCUT2D eigenvalue weighted by Gasteiger charge is 2.47. The first-order valence-corrected chi connectivity index (χ1v) is 31.8. The quantitative estimate of drug-likeness (QED) is 0.0172. The summed E-state index contributed by atoms with van der Waals surface area (Å²) in [6, 6.07) is 0. The molecule has 466 valence electrons. The Balaban J connectivity index is 1.70. The van der Waals surface area contributed by atoms with Gasteiger partial charge >= 0.3 is 5.97 Å². The maximum atomic E-state index is 13.1. The molecule has 0 aromatic rings. The number of rotatable bonds is 51. The van der Waals surface area contributed by atoms with Crippen LogP contribution in [0, 0.1) is 0 Å². The lowest BCUT2D eigenvalue weighted by Crippen LogP contribution is -2.61. The number of unbranched alkanes of at least 4 members (excludes halogenated alkanes) is 21. The molecule has 0 bridgehead atoms. The summed E-state index contributed by atoms with van der Waals surface area (Å²) in [6.07, 6.45) is 54.7. The van der Waals surface area contributed by atoms with Gasteiger partial charge in [-0.15, -0.1) is 0 Å². The maximum absolute atomic E-state index is 13.1. The van der Waals surface area contributed by atoms with E-state index in [0.29, 0.717) is 13.0 Å². The molecule has 14 nitrogen and oxygen atoms in total. The molecule has 0 spiro atoms. The molecule has 0 aromatic heterocycles. The van der Waals surface area contributed by atoms with Crippen LogP contribution in [0.3, 0.4) is 0 Å². The Morgan fingerprint density at radius 1 is 0.420 bits per heavy atom. The van der Waals surface area contributed by atoms with Crippen LogP contribution in [0.2, 0.25) is 0 Å². The van der Waals surface area contributed by atoms with Crippen LogP contribution < -0.4 is 0 Å². The first-order chi connectivity index (χ1) is 39.6. The minimum atomic E-state index is -1.72. The molecule has 2 aliphatic rings. The number of esters is 1. The van der Waals surface area contributed by atoms with E-state index < -0.39 is 86.7 Å². The average molecular weight is 1140 g/mol. The summed E-state index contributed by atoms with van der Waals surface area (Å²) in [5.41, 5.74) is 0. The zero-order valence-electron chi connectivity index (χ0n) is 50.2. The van der Waals surface area contributed by atoms with Crippen molar-refractivity contribution in [1.82, 2.24) is 0 Å². The minimum Gasteiger partial charge on any atom is -0.457 e. The molecular formula is C67H114O14. The van der Waals surface area contributed by atoms with Crippen molar-refractivity contribution in [2.24, 2.45) is 0 Å². The van der Waals surface area contributed by atoms with Crippen molar-refractivity contribution in [3.63, 3.8) is 0 Å². The third-order valence-corrected chi connectivity index (χ3v) is 14.6. The van der Waals surface area contributed by atoms with Crippen LogP contribution >= 0.6 is 0 Å². The van der Waals surface area contributed by atoms with Crippen molar-refractivity contribution in [2.45, 2.75) is 287 Å². The summed E-state index contributed by atoms with van der Waals surface area (Å²) in [5.74, 6) is -0.419. The van der Waals surface area contributed by atoms with Gasteiger partial charge in [0.05, 0.1) is 26.4 Å². The van der Waals surface area contributed by atoms with Gasteiger partial charge in [-0.2, -0.15) is 0 Å². The van der Waals surface area contributed by atoms with Crippen molar-refractivity contribution in [1.29, 1.82) is 0 Å². The van der Waals surface area contributed by atoms with Crippen LogP contribution in [-0.4, -0.2) is 142 Å². The van der Waals surface area contributed by atoms with Crippen LogP contribution in [0.4, 0.5) is 0 Å². The van der Waals surface area contributed by atoms with E-state index in [1.165, 1.54) is 116 Å². The van der Waals surface area contributed by atoms with Crippen LogP contribution in [-0.2, 0) is 33.2 Å². The smallest absolute Gasteiger partial charge is 0.306 e. The van der Waals surface area contributed by atoms with Crippen molar-refractivity contribution in [2.75, 3.05) is 33.0 Å². The van der Waals surface area contributed by atoms with Gasteiger partial charge in [0.1, 0.15) is 54.9 Å². The highest BCUT2D eigenvalue weighted by Crippen LogP contribution is 2.27. The first-order valence-electron chi connectivity index (χ1n) is 31.8. The number of ether oxygens (including phenoxy) is 6. The Morgan fingerprint density at radius 2 is 0.802 bits per heavy atom. The van der Waals surface area contributed by atoms with E-state index in [1.54, 1.807) is 0 Å². The fraction of sp³-hybridized carbons (Fsp3) is 0.746. The van der Waals surface area contributed by atoms with Gasteiger partial charge in [0.2, 0.25) is 0 Å². The molecule has 11 unspecified atom stereocenters. The number of carbonyl (C=O) groups excluding carboxylic acids is 1. The van der Waals surface area contributed by atoms with Crippen LogP contribution in [0.1, 0.15) is 219 Å². The van der Waals surface area contributed by atoms with E-state index >= 15 is 0 Å². The molecule has 81 heavy (non-hydrogen) atoms. The molecule has 11 atom stereocenters. The lowest BCUT2D eigenvalue weighted by atomic mass is 9.98. The number of allylic oxidation sites excluding steroid dienone is 16. The molecule has 0 aromatic carbocycles. The van der Waals surface area contributed by atoms with Gasteiger partial charge in [-0.25, -0.2) is 0 Å². The lowest BCUT2D eigenvalue weighted by Gasteiger charge is -2.42. The number of hydrogen-bond donors (Lipinski definition) is 7. The predicted octanol–water partition coefficient (Wildman–Crippen LogP) is 12.5. The Labute approximate surface area is 490 Å². The van der Waals surface area contributed by atoms with Gasteiger partial charge < -0.3 is 64.2 Å². The van der Waals surface area contributed by atoms with Crippen molar-refractivity contribution in [3.05, 3.63) is 97.2 Å². The monoisotopic (exact) mass is 1140 g/mol. The summed E-state index contributed by atoms with van der Waals surface area (Å²) < 4.78 is 34.4. The summed E-state index contributed by atoms with van der Waals surface area (Å²) >= 11 is 0. The van der Waals surface area contributed by atoms with Gasteiger partial charge in [0, 0.05) is 13.0 Å². The number of aliphatic hydroxyl groups is 7. The molecule has 0 saturated carbocycles. The summed E-state index contributed by atoms with van der Waals surface area (Å²) in [7, 11) is 0. The number of carbonyl (C=O) groups is 1. The topological polar surface area (TPSA) is 214 Å². The summed E-state index contributed by atoms with van der Waals surface area (Å²) in [5, 5.41) is 72.5. The average Bonchev–Trinajstić information content (AvgIpc) is 3.46. The van der Waals surface area contributed by atoms with E-state index in [2.05, 4.69) is 111 Å². The fourth-order valence-corrected chi connectivity index (χ4v) is 9.50. The van der Waals surface area contributed by atoms with Crippen molar-refractivity contribution >= 4 is 5.97 Å². The highest BCUT2D eigenvalue weighted by molar-refractivity contribution is 5.69. The van der Waals surface area contributed by atoms with E-state index in [1.807, 2.05) is 0 Å². The van der Waals surface area contributed by atoms with E-state index in [4.69, 9.17) is 28.4 Å². The van der Waals surface area contributed by atoms with Crippen LogP contribution in [0.5, 0.6) is 0 Å². The third kappa shape index (κ3) is 38.5. The van der Waals surface area contributed by atoms with E-state index in [0.717, 1.165) is 77.0 Å². The van der Waals surface area contributed by atoms with Crippen LogP contribution in [0.15, 0.2) is 97.2 Å². The Morgan fingerprint density at radius 3 is 1.26 bits per heavy atom. The molecule has 2 heterocycles. The zero-order chi connectivity index (χ0) is 58.6. The maximum Gasteiger partial charge on any atom is 0.306 e. The minimum absolute atomic E-state index is 0.0384. The normalized spacial score (nSPS) is 24.4. The first kappa shape index (κ1) is 74.0. The fourth-order valence-electron chi connectivity index (χ4n) is 9.50. The van der Waals surface area contributed by atoms with E-state index in [-0.39, 0.29) is 19.6 Å². The molecule has 0 amide bonds. The largest absolute Gasteiger partial charge is 0.457 e. The molecule has 0 radical (unpaired) electrons. The van der Waals surface area contributed by atoms with Crippen LogP contribution in [0.25, 0.3) is 0 Å². The second-order valence-corrected chi connectivity index (χ2v) is 21.8. The zero-order valence-corrected chi connectivity index (χ0v) is 50.2. The SMILES string of the molecule is CC/C=C\C/C=C\C/C=C\C/C=C\C/C=C\C/C=C\CCCCC(=O)OC(COCCCCCCCCCCCCCCCC/C=C\C/C=C\CCCCCCC)COC1OC(COC2OC(CO)C(O)C(O)C2O)C(O)C(O)C1O. The Hall–Kier alpha value is -3.09. The molecule has 2 fully saturated rings. The molecule has 2 aliphatic heterocycles. The highest BCUT2D eigenvalue weighted by atomic mass is 16.7. The molecule has 2 saturated heterocycles. The van der Waals surface area contributed by atoms with Crippen molar-refractivity contribution in [3.8, 4) is 0 Å². The third-order valence-electron chi connectivity index (χ3n) is 14.6. The summed E-state index contributed by atoms with van der Waals surface area (Å²) in [4.78, 5) is 13.1. The molecular weight excluding hydrogens is 1030 g/mol. The Bertz CT molecular complexity index is 1710. The number of aliphatic hydroxyl groups excluding tert-OH is 7. The lowest BCUT2D eigenvalue weighted by molar-refractivity contribution is -0.332. The second-order valence-electron chi connectivity index (χ2n) is 21.8. The van der Waals surface area contributed by atoms with Crippen molar-refractivity contribution < 1.29 is 69.0 Å².